The summed E-state index contributed by atoms with van der Waals surface area (Å²) in [6.07, 6.45) is 5.69. The summed E-state index contributed by atoms with van der Waals surface area (Å²) in [6, 6.07) is 1.97. The third-order valence-corrected chi connectivity index (χ3v) is 4.48. The lowest BCUT2D eigenvalue weighted by Gasteiger charge is -2.20. The van der Waals surface area contributed by atoms with Gasteiger partial charge in [-0.05, 0) is 30.0 Å². The maximum atomic E-state index is 10.2. The number of aromatic nitrogens is 1. The molecule has 1 aliphatic rings. The molecule has 2 rings (SSSR count). The number of fused-ring (bicyclic) bond motifs is 1. The highest BCUT2D eigenvalue weighted by molar-refractivity contribution is 8.20. The Labute approximate surface area is 85.1 Å². The van der Waals surface area contributed by atoms with Crippen LogP contribution in [0.5, 0.6) is 0 Å². The summed E-state index contributed by atoms with van der Waals surface area (Å²) in [5.41, 5.74) is 1.12. The fourth-order valence-electron chi connectivity index (χ4n) is 1.46. The average molecular weight is 209 g/mol. The van der Waals surface area contributed by atoms with Gasteiger partial charge in [-0.2, -0.15) is 10.9 Å². The van der Waals surface area contributed by atoms with Crippen LogP contribution >= 0.6 is 10.9 Å². The summed E-state index contributed by atoms with van der Waals surface area (Å²) in [6.45, 7) is 2.42. The van der Waals surface area contributed by atoms with Crippen LogP contribution in [0.3, 0.4) is 0 Å². The molecule has 2 unspecified atom stereocenters. The van der Waals surface area contributed by atoms with E-state index in [2.05, 4.69) is 16.5 Å². The van der Waals surface area contributed by atoms with Crippen LogP contribution in [0.1, 0.15) is 12.5 Å². The average Bonchev–Trinajstić information content (AvgIpc) is 2.61. The van der Waals surface area contributed by atoms with Crippen molar-refractivity contribution < 1.29 is 9.53 Å². The van der Waals surface area contributed by atoms with Crippen molar-refractivity contribution in [3.05, 3.63) is 29.4 Å². The Bertz CT molecular complexity index is 378. The number of nitrogens with zero attached hydrogens (tertiary/aromatic N) is 1. The molecule has 0 saturated heterocycles. The minimum atomic E-state index is -0.525. The van der Waals surface area contributed by atoms with E-state index in [9.17, 15) is 4.79 Å². The van der Waals surface area contributed by atoms with Crippen LogP contribution in [0.4, 0.5) is 0 Å². The highest BCUT2D eigenvalue weighted by atomic mass is 32.2. The Morgan fingerprint density at radius 1 is 1.64 bits per heavy atom. The molecule has 0 N–H and O–H groups in total. The maximum Gasteiger partial charge on any atom is 0.294 e. The number of carbonyl (C=O) groups excluding carboxylic acids is 1. The van der Waals surface area contributed by atoms with Crippen LogP contribution in [0.15, 0.2) is 28.8 Å². The molecule has 74 valence electrons. The van der Waals surface area contributed by atoms with Crippen molar-refractivity contribution >= 4 is 23.4 Å². The van der Waals surface area contributed by atoms with Gasteiger partial charge in [-0.1, -0.05) is 0 Å². The smallest absolute Gasteiger partial charge is 0.294 e. The molecule has 2 heterocycles. The molecule has 0 amide bonds. The number of rotatable bonds is 3. The van der Waals surface area contributed by atoms with Gasteiger partial charge in [0.1, 0.15) is 5.44 Å². The molecule has 0 spiro atoms. The van der Waals surface area contributed by atoms with E-state index >= 15 is 0 Å². The normalized spacial score (nSPS) is 22.8. The van der Waals surface area contributed by atoms with Crippen molar-refractivity contribution in [3.63, 3.8) is 0 Å². The Kier molecular flexibility index (Phi) is 2.54. The number of pyridine rings is 1. The van der Waals surface area contributed by atoms with Crippen molar-refractivity contribution in [2.24, 2.45) is 0 Å². The van der Waals surface area contributed by atoms with Gasteiger partial charge in [0.05, 0.1) is 0 Å². The molecular weight excluding hydrogens is 198 g/mol. The Balaban J connectivity index is 2.25. The Morgan fingerprint density at radius 2 is 2.50 bits per heavy atom. The Morgan fingerprint density at radius 3 is 3.29 bits per heavy atom. The fraction of sp³-hybridized carbons (Fsp3) is 0.200. The second-order valence-electron chi connectivity index (χ2n) is 2.99. The summed E-state index contributed by atoms with van der Waals surface area (Å²) in [7, 11) is -0.525. The van der Waals surface area contributed by atoms with E-state index in [0.717, 1.165) is 0 Å². The highest BCUT2D eigenvalue weighted by Crippen LogP contribution is 2.48. The van der Waals surface area contributed by atoms with E-state index < -0.39 is 10.9 Å². The lowest BCUT2D eigenvalue weighted by atomic mass is 10.3. The first-order valence-electron chi connectivity index (χ1n) is 4.32. The molecule has 2 atom stereocenters. The SMILES string of the molecule is CC(OC=O)[SH]1C=Cc2ccncc21. The molecule has 3 nitrogen and oxygen atoms in total. The maximum absolute atomic E-state index is 10.2. The van der Waals surface area contributed by atoms with Gasteiger partial charge >= 0.3 is 0 Å². The molecule has 0 aliphatic carbocycles. The summed E-state index contributed by atoms with van der Waals surface area (Å²) >= 11 is 0. The van der Waals surface area contributed by atoms with E-state index in [4.69, 9.17) is 4.74 Å². The lowest BCUT2D eigenvalue weighted by molar-refractivity contribution is -0.129. The van der Waals surface area contributed by atoms with Gasteiger partial charge in [0.15, 0.2) is 0 Å². The molecule has 0 radical (unpaired) electrons. The minimum absolute atomic E-state index is 0.0656. The second kappa shape index (κ2) is 3.84. The van der Waals surface area contributed by atoms with Gasteiger partial charge < -0.3 is 4.74 Å². The zero-order valence-corrected chi connectivity index (χ0v) is 8.65. The first-order chi connectivity index (χ1) is 6.83. The number of hydrogen-bond donors (Lipinski definition) is 1. The predicted octanol–water partition coefficient (Wildman–Crippen LogP) is 1.95. The van der Waals surface area contributed by atoms with Crippen LogP contribution < -0.4 is 0 Å². The summed E-state index contributed by atoms with van der Waals surface area (Å²) in [5, 5.41) is 2.11. The van der Waals surface area contributed by atoms with Crippen molar-refractivity contribution in [2.45, 2.75) is 17.3 Å². The molecule has 0 aromatic carbocycles. The van der Waals surface area contributed by atoms with Crippen molar-refractivity contribution in [2.75, 3.05) is 0 Å². The Hall–Kier alpha value is -1.29. The van der Waals surface area contributed by atoms with Crippen LogP contribution in [0.2, 0.25) is 0 Å². The summed E-state index contributed by atoms with van der Waals surface area (Å²) in [5.74, 6) is 0. The van der Waals surface area contributed by atoms with Crippen LogP contribution in [-0.4, -0.2) is 16.9 Å². The highest BCUT2D eigenvalue weighted by Gasteiger charge is 2.20. The monoisotopic (exact) mass is 209 g/mol. The number of ether oxygens (including phenoxy) is 1. The summed E-state index contributed by atoms with van der Waals surface area (Å²) in [4.78, 5) is 15.5. The molecule has 0 fully saturated rings. The van der Waals surface area contributed by atoms with Crippen LogP contribution in [0.25, 0.3) is 6.08 Å². The van der Waals surface area contributed by atoms with Crippen molar-refractivity contribution in [1.29, 1.82) is 0 Å². The minimum Gasteiger partial charge on any atom is -0.455 e. The number of hydrogen-bond acceptors (Lipinski definition) is 3. The standard InChI is InChI=1S/C10H11NO2S/c1-8(13-7-12)14-5-3-9-2-4-11-6-10(9)14/h2-8,14H,1H3. The largest absolute Gasteiger partial charge is 0.455 e. The van der Waals surface area contributed by atoms with Gasteiger partial charge in [0, 0.05) is 17.3 Å². The van der Waals surface area contributed by atoms with E-state index in [1.165, 1.54) is 10.5 Å². The van der Waals surface area contributed by atoms with Gasteiger partial charge in [-0.3, -0.25) is 9.78 Å². The van der Waals surface area contributed by atoms with Gasteiger partial charge in [-0.25, -0.2) is 0 Å². The lowest BCUT2D eigenvalue weighted by Crippen LogP contribution is -2.05. The topological polar surface area (TPSA) is 39.2 Å². The first-order valence-corrected chi connectivity index (χ1v) is 5.80. The third kappa shape index (κ3) is 1.53. The fourth-order valence-corrected chi connectivity index (χ4v) is 3.40. The van der Waals surface area contributed by atoms with Gasteiger partial charge in [0.2, 0.25) is 0 Å². The van der Waals surface area contributed by atoms with E-state index in [0.29, 0.717) is 6.47 Å². The molecule has 4 heteroatoms. The third-order valence-electron chi connectivity index (χ3n) is 2.17. The van der Waals surface area contributed by atoms with Gasteiger partial charge in [-0.15, -0.1) is 0 Å². The van der Waals surface area contributed by atoms with Gasteiger partial charge in [0.25, 0.3) is 6.47 Å². The molecule has 1 aromatic rings. The molecule has 0 saturated carbocycles. The van der Waals surface area contributed by atoms with E-state index in [-0.39, 0.29) is 5.44 Å². The summed E-state index contributed by atoms with van der Waals surface area (Å²) < 4.78 is 4.95. The van der Waals surface area contributed by atoms with Crippen LogP contribution in [0, 0.1) is 0 Å². The molecule has 1 aliphatic heterocycles. The van der Waals surface area contributed by atoms with Crippen molar-refractivity contribution in [1.82, 2.24) is 4.98 Å². The predicted molar refractivity (Wildman–Crippen MR) is 57.1 cm³/mol. The first kappa shape index (κ1) is 9.27. The molecule has 0 bridgehead atoms. The quantitative estimate of drug-likeness (QED) is 0.611. The van der Waals surface area contributed by atoms with Crippen molar-refractivity contribution in [3.8, 4) is 0 Å². The van der Waals surface area contributed by atoms with E-state index in [1.807, 2.05) is 19.2 Å². The zero-order chi connectivity index (χ0) is 9.97. The van der Waals surface area contributed by atoms with Crippen LogP contribution in [-0.2, 0) is 9.53 Å². The molecule has 1 aromatic heterocycles. The van der Waals surface area contributed by atoms with E-state index in [1.54, 1.807) is 6.20 Å². The molecule has 14 heavy (non-hydrogen) atoms. The second-order valence-corrected chi connectivity index (χ2v) is 5.31. The number of carbonyl (C=O) groups is 1. The molecular formula is C10H11NO2S. The number of thiol groups is 1. The zero-order valence-electron chi connectivity index (χ0n) is 7.75.